The molecule has 0 fully saturated rings. The van der Waals surface area contributed by atoms with Gasteiger partial charge in [-0.3, -0.25) is 4.79 Å². The molecule has 1 N–H and O–H groups in total. The average Bonchev–Trinajstić information content (AvgIpc) is 3.09. The molecule has 2 heterocycles. The Hall–Kier alpha value is -3.15. The van der Waals surface area contributed by atoms with Crippen LogP contribution in [0.4, 0.5) is 0 Å². The van der Waals surface area contributed by atoms with Crippen LogP contribution in [-0.2, 0) is 16.0 Å². The van der Waals surface area contributed by atoms with Crippen molar-refractivity contribution in [3.63, 3.8) is 0 Å². The Morgan fingerprint density at radius 2 is 1.96 bits per heavy atom. The van der Waals surface area contributed by atoms with Gasteiger partial charge in [0.25, 0.3) is 5.91 Å². The minimum atomic E-state index is -0.619. The van der Waals surface area contributed by atoms with Gasteiger partial charge in [-0.05, 0) is 49.1 Å². The van der Waals surface area contributed by atoms with Crippen LogP contribution in [-0.4, -0.2) is 27.9 Å². The number of ether oxygens (including phenoxy) is 1. The van der Waals surface area contributed by atoms with Crippen molar-refractivity contribution in [3.05, 3.63) is 71.2 Å². The van der Waals surface area contributed by atoms with Crippen LogP contribution in [0.5, 0.6) is 0 Å². The summed E-state index contributed by atoms with van der Waals surface area (Å²) in [5, 5.41) is 2.83. The van der Waals surface area contributed by atoms with Gasteiger partial charge in [0, 0.05) is 12.4 Å². The monoisotopic (exact) mass is 365 g/mol. The average molecular weight is 365 g/mol. The lowest BCUT2D eigenvalue weighted by Crippen LogP contribution is -2.31. The number of rotatable bonds is 6. The number of aromatic nitrogens is 2. The molecule has 0 saturated heterocycles. The van der Waals surface area contributed by atoms with Crippen molar-refractivity contribution in [2.75, 3.05) is 6.61 Å². The highest BCUT2D eigenvalue weighted by molar-refractivity contribution is 5.90. The normalized spacial score (nSPS) is 12.0. The number of imidazole rings is 1. The summed E-state index contributed by atoms with van der Waals surface area (Å²) >= 11 is 0. The van der Waals surface area contributed by atoms with Crippen LogP contribution in [0.3, 0.4) is 0 Å². The molecule has 0 aliphatic carbocycles. The third-order valence-corrected chi connectivity index (χ3v) is 4.42. The molecule has 3 rings (SSSR count). The van der Waals surface area contributed by atoms with Gasteiger partial charge < -0.3 is 14.5 Å². The highest BCUT2D eigenvalue weighted by Crippen LogP contribution is 2.14. The zero-order valence-electron chi connectivity index (χ0n) is 15.7. The van der Waals surface area contributed by atoms with Crippen molar-refractivity contribution in [3.8, 4) is 0 Å². The summed E-state index contributed by atoms with van der Waals surface area (Å²) in [6.45, 7) is 5.60. The minimum absolute atomic E-state index is 0.166. The first kappa shape index (κ1) is 18.6. The third-order valence-electron chi connectivity index (χ3n) is 4.42. The number of nitrogens with zero attached hydrogens (tertiary/aromatic N) is 2. The fourth-order valence-electron chi connectivity index (χ4n) is 2.80. The van der Waals surface area contributed by atoms with E-state index in [1.807, 2.05) is 56.4 Å². The van der Waals surface area contributed by atoms with Gasteiger partial charge in [-0.25, -0.2) is 9.78 Å². The second kappa shape index (κ2) is 8.03. The van der Waals surface area contributed by atoms with Crippen LogP contribution >= 0.6 is 0 Å². The number of carbonyl (C=O) groups excluding carboxylic acids is 2. The van der Waals surface area contributed by atoms with E-state index in [1.54, 1.807) is 10.6 Å². The van der Waals surface area contributed by atoms with E-state index in [0.717, 1.165) is 17.5 Å². The van der Waals surface area contributed by atoms with Crippen LogP contribution in [0.1, 0.15) is 47.1 Å². The Balaban J connectivity index is 1.54. The lowest BCUT2D eigenvalue weighted by atomic mass is 10.1. The third kappa shape index (κ3) is 4.53. The molecule has 0 radical (unpaired) electrons. The van der Waals surface area contributed by atoms with E-state index < -0.39 is 5.97 Å². The number of aryl methyl sites for hydroxylation is 2. The summed E-state index contributed by atoms with van der Waals surface area (Å²) in [6, 6.07) is 11.7. The number of hydrogen-bond acceptors (Lipinski definition) is 4. The number of carbonyl (C=O) groups is 2. The quantitative estimate of drug-likeness (QED) is 0.681. The first-order chi connectivity index (χ1) is 13.0. The van der Waals surface area contributed by atoms with Crippen LogP contribution in [0.15, 0.2) is 48.8 Å². The summed E-state index contributed by atoms with van der Waals surface area (Å²) < 4.78 is 6.84. The summed E-state index contributed by atoms with van der Waals surface area (Å²) in [5.74, 6) is -0.971. The highest BCUT2D eigenvalue weighted by atomic mass is 16.5. The number of nitrogens with one attached hydrogen (secondary N) is 1. The van der Waals surface area contributed by atoms with E-state index in [0.29, 0.717) is 5.65 Å². The number of esters is 1. The van der Waals surface area contributed by atoms with Gasteiger partial charge in [0.2, 0.25) is 0 Å². The van der Waals surface area contributed by atoms with Gasteiger partial charge in [0.05, 0.1) is 6.04 Å². The molecule has 0 saturated carbocycles. The number of fused-ring (bicyclic) bond motifs is 1. The Morgan fingerprint density at radius 1 is 1.22 bits per heavy atom. The molecule has 1 atom stereocenters. The zero-order valence-corrected chi connectivity index (χ0v) is 15.7. The van der Waals surface area contributed by atoms with E-state index in [4.69, 9.17) is 4.74 Å². The second-order valence-electron chi connectivity index (χ2n) is 6.56. The van der Waals surface area contributed by atoms with Gasteiger partial charge in [-0.1, -0.05) is 31.2 Å². The molecule has 1 amide bonds. The Kier molecular flexibility index (Phi) is 5.54. The summed E-state index contributed by atoms with van der Waals surface area (Å²) in [5.41, 5.74) is 4.14. The van der Waals surface area contributed by atoms with E-state index in [2.05, 4.69) is 17.2 Å². The van der Waals surface area contributed by atoms with Crippen LogP contribution in [0.2, 0.25) is 0 Å². The predicted octanol–water partition coefficient (Wildman–Crippen LogP) is 3.24. The lowest BCUT2D eigenvalue weighted by Gasteiger charge is -2.14. The molecule has 1 aromatic carbocycles. The number of hydrogen-bond donors (Lipinski definition) is 1. The summed E-state index contributed by atoms with van der Waals surface area (Å²) in [7, 11) is 0. The molecule has 0 aliphatic rings. The van der Waals surface area contributed by atoms with E-state index in [9.17, 15) is 9.59 Å². The van der Waals surface area contributed by atoms with Crippen molar-refractivity contribution >= 4 is 17.5 Å². The molecule has 6 heteroatoms. The maximum absolute atomic E-state index is 12.2. The zero-order chi connectivity index (χ0) is 19.4. The van der Waals surface area contributed by atoms with Crippen LogP contribution in [0, 0.1) is 6.92 Å². The SMILES string of the molecule is CCc1ccc(C(C)NC(=O)COC(=O)c2cn3ccc(C)cc3n2)cc1. The Morgan fingerprint density at radius 3 is 2.67 bits per heavy atom. The smallest absolute Gasteiger partial charge is 0.359 e. The summed E-state index contributed by atoms with van der Waals surface area (Å²) in [6.07, 6.45) is 4.39. The summed E-state index contributed by atoms with van der Waals surface area (Å²) in [4.78, 5) is 28.5. The minimum Gasteiger partial charge on any atom is -0.451 e. The second-order valence-corrected chi connectivity index (χ2v) is 6.56. The molecule has 1 unspecified atom stereocenters. The molecule has 140 valence electrons. The van der Waals surface area contributed by atoms with Crippen molar-refractivity contribution in [2.45, 2.75) is 33.2 Å². The van der Waals surface area contributed by atoms with Gasteiger partial charge in [0.1, 0.15) is 5.65 Å². The van der Waals surface area contributed by atoms with Gasteiger partial charge in [-0.2, -0.15) is 0 Å². The number of amides is 1. The highest BCUT2D eigenvalue weighted by Gasteiger charge is 2.16. The molecule has 2 aromatic heterocycles. The first-order valence-electron chi connectivity index (χ1n) is 8.97. The van der Waals surface area contributed by atoms with Crippen molar-refractivity contribution in [1.29, 1.82) is 0 Å². The largest absolute Gasteiger partial charge is 0.451 e. The molecule has 0 bridgehead atoms. The number of benzene rings is 1. The lowest BCUT2D eigenvalue weighted by molar-refractivity contribution is -0.124. The van der Waals surface area contributed by atoms with E-state index in [-0.39, 0.29) is 24.2 Å². The van der Waals surface area contributed by atoms with Gasteiger partial charge in [-0.15, -0.1) is 0 Å². The molecule has 0 spiro atoms. The maximum atomic E-state index is 12.2. The standard InChI is InChI=1S/C21H23N3O3/c1-4-16-5-7-17(8-6-16)15(3)22-20(25)13-27-21(26)18-12-24-10-9-14(2)11-19(24)23-18/h5-12,15H,4,13H2,1-3H3,(H,22,25). The Labute approximate surface area is 158 Å². The van der Waals surface area contributed by atoms with Crippen molar-refractivity contribution in [2.24, 2.45) is 0 Å². The first-order valence-corrected chi connectivity index (χ1v) is 8.97. The Bertz CT molecular complexity index is 960. The van der Waals surface area contributed by atoms with E-state index in [1.165, 1.54) is 5.56 Å². The molecular formula is C21H23N3O3. The molecule has 0 aliphatic heterocycles. The molecule has 3 aromatic rings. The van der Waals surface area contributed by atoms with Gasteiger partial charge in [0.15, 0.2) is 12.3 Å². The van der Waals surface area contributed by atoms with Crippen molar-refractivity contribution in [1.82, 2.24) is 14.7 Å². The van der Waals surface area contributed by atoms with Crippen molar-refractivity contribution < 1.29 is 14.3 Å². The molecular weight excluding hydrogens is 342 g/mol. The molecule has 27 heavy (non-hydrogen) atoms. The molecule has 6 nitrogen and oxygen atoms in total. The fraction of sp³-hybridized carbons (Fsp3) is 0.286. The van der Waals surface area contributed by atoms with Crippen LogP contribution < -0.4 is 5.32 Å². The van der Waals surface area contributed by atoms with Crippen LogP contribution in [0.25, 0.3) is 5.65 Å². The maximum Gasteiger partial charge on any atom is 0.359 e. The van der Waals surface area contributed by atoms with E-state index >= 15 is 0 Å². The topological polar surface area (TPSA) is 72.7 Å². The fourth-order valence-corrected chi connectivity index (χ4v) is 2.80. The van der Waals surface area contributed by atoms with Gasteiger partial charge >= 0.3 is 5.97 Å². The predicted molar refractivity (Wildman–Crippen MR) is 103 cm³/mol. The number of pyridine rings is 1.